The summed E-state index contributed by atoms with van der Waals surface area (Å²) in [5.74, 6) is 0.666. The highest BCUT2D eigenvalue weighted by Crippen LogP contribution is 2.23. The van der Waals surface area contributed by atoms with Crippen molar-refractivity contribution in [1.82, 2.24) is 5.32 Å². The zero-order chi connectivity index (χ0) is 14.1. The standard InChI is InChI=1S/C15H25NO2S/c1-4-16-12(3)13-7-6-8-15(9-13)19-11-14(17)10-18-5-2/h6-9,12,14,16-17H,4-5,10-11H2,1-3H3. The van der Waals surface area contributed by atoms with E-state index >= 15 is 0 Å². The third-order valence-corrected chi connectivity index (χ3v) is 3.96. The lowest BCUT2D eigenvalue weighted by molar-refractivity contribution is 0.0551. The molecule has 0 saturated heterocycles. The van der Waals surface area contributed by atoms with E-state index in [0.29, 0.717) is 25.0 Å². The van der Waals surface area contributed by atoms with Gasteiger partial charge in [-0.2, -0.15) is 0 Å². The first-order valence-corrected chi connectivity index (χ1v) is 7.87. The van der Waals surface area contributed by atoms with E-state index in [1.54, 1.807) is 11.8 Å². The summed E-state index contributed by atoms with van der Waals surface area (Å²) in [6.45, 7) is 8.24. The zero-order valence-electron chi connectivity index (χ0n) is 12.1. The van der Waals surface area contributed by atoms with Gasteiger partial charge >= 0.3 is 0 Å². The Kier molecular flexibility index (Phi) is 8.14. The Bertz CT molecular complexity index is 360. The van der Waals surface area contributed by atoms with Gasteiger partial charge in [0.05, 0.1) is 12.7 Å². The summed E-state index contributed by atoms with van der Waals surface area (Å²) in [5.41, 5.74) is 1.28. The van der Waals surface area contributed by atoms with Crippen molar-refractivity contribution in [3.8, 4) is 0 Å². The van der Waals surface area contributed by atoms with Crippen LogP contribution in [0.5, 0.6) is 0 Å². The highest BCUT2D eigenvalue weighted by molar-refractivity contribution is 7.99. The molecule has 0 amide bonds. The van der Waals surface area contributed by atoms with E-state index in [2.05, 4.69) is 43.4 Å². The fourth-order valence-electron chi connectivity index (χ4n) is 1.79. The van der Waals surface area contributed by atoms with Crippen LogP contribution in [0.15, 0.2) is 29.2 Å². The van der Waals surface area contributed by atoms with E-state index in [0.717, 1.165) is 6.54 Å². The fraction of sp³-hybridized carbons (Fsp3) is 0.600. The van der Waals surface area contributed by atoms with Crippen LogP contribution in [-0.4, -0.2) is 36.7 Å². The van der Waals surface area contributed by atoms with Crippen LogP contribution in [0.4, 0.5) is 0 Å². The molecule has 0 saturated carbocycles. The van der Waals surface area contributed by atoms with Gasteiger partial charge in [0.15, 0.2) is 0 Å². The molecule has 1 aromatic carbocycles. The second-order valence-electron chi connectivity index (χ2n) is 4.48. The van der Waals surface area contributed by atoms with Crippen LogP contribution in [-0.2, 0) is 4.74 Å². The van der Waals surface area contributed by atoms with Crippen LogP contribution in [0.2, 0.25) is 0 Å². The summed E-state index contributed by atoms with van der Waals surface area (Å²) in [4.78, 5) is 1.19. The van der Waals surface area contributed by atoms with E-state index in [1.807, 2.05) is 6.92 Å². The molecule has 2 unspecified atom stereocenters. The van der Waals surface area contributed by atoms with Gasteiger partial charge in [0.2, 0.25) is 0 Å². The average Bonchev–Trinajstić information content (AvgIpc) is 2.43. The maximum Gasteiger partial charge on any atom is 0.0867 e. The van der Waals surface area contributed by atoms with E-state index in [-0.39, 0.29) is 0 Å². The second kappa shape index (κ2) is 9.37. The molecule has 0 aromatic heterocycles. The van der Waals surface area contributed by atoms with Crippen molar-refractivity contribution in [2.75, 3.05) is 25.5 Å². The van der Waals surface area contributed by atoms with Gasteiger partial charge in [0.25, 0.3) is 0 Å². The Morgan fingerprint density at radius 3 is 2.84 bits per heavy atom. The van der Waals surface area contributed by atoms with Crippen LogP contribution in [0.3, 0.4) is 0 Å². The molecule has 2 N–H and O–H groups in total. The van der Waals surface area contributed by atoms with Crippen LogP contribution < -0.4 is 5.32 Å². The Balaban J connectivity index is 2.48. The number of ether oxygens (including phenoxy) is 1. The Labute approximate surface area is 120 Å². The minimum absolute atomic E-state index is 0.360. The molecule has 0 bridgehead atoms. The average molecular weight is 283 g/mol. The Hall–Kier alpha value is -0.550. The number of hydrogen-bond acceptors (Lipinski definition) is 4. The predicted octanol–water partition coefficient (Wildman–Crippen LogP) is 2.85. The monoisotopic (exact) mass is 283 g/mol. The van der Waals surface area contributed by atoms with Gasteiger partial charge in [0.1, 0.15) is 0 Å². The first-order valence-electron chi connectivity index (χ1n) is 6.89. The summed E-state index contributed by atoms with van der Waals surface area (Å²) in [6, 6.07) is 8.83. The summed E-state index contributed by atoms with van der Waals surface area (Å²) in [5, 5.41) is 13.1. The highest BCUT2D eigenvalue weighted by atomic mass is 32.2. The molecule has 0 fully saturated rings. The van der Waals surface area contributed by atoms with Crippen LogP contribution in [0, 0.1) is 0 Å². The highest BCUT2D eigenvalue weighted by Gasteiger charge is 2.07. The lowest BCUT2D eigenvalue weighted by Crippen LogP contribution is -2.18. The van der Waals surface area contributed by atoms with Gasteiger partial charge in [-0.3, -0.25) is 0 Å². The molecule has 19 heavy (non-hydrogen) atoms. The molecule has 4 heteroatoms. The summed E-state index contributed by atoms with van der Waals surface area (Å²) >= 11 is 1.67. The van der Waals surface area contributed by atoms with Crippen LogP contribution >= 0.6 is 11.8 Å². The zero-order valence-corrected chi connectivity index (χ0v) is 12.9. The number of aliphatic hydroxyl groups is 1. The quantitative estimate of drug-likeness (QED) is 0.684. The molecule has 1 aromatic rings. The Morgan fingerprint density at radius 2 is 2.16 bits per heavy atom. The SMILES string of the molecule is CCNC(C)c1cccc(SCC(O)COCC)c1. The molecule has 3 nitrogen and oxygen atoms in total. The van der Waals surface area contributed by atoms with Gasteiger partial charge in [-0.05, 0) is 38.1 Å². The molecule has 0 aliphatic heterocycles. The van der Waals surface area contributed by atoms with Crippen molar-refractivity contribution in [3.63, 3.8) is 0 Å². The Morgan fingerprint density at radius 1 is 1.37 bits per heavy atom. The van der Waals surface area contributed by atoms with Gasteiger partial charge in [-0.25, -0.2) is 0 Å². The fourth-order valence-corrected chi connectivity index (χ4v) is 2.67. The third-order valence-electron chi connectivity index (χ3n) is 2.83. The molecule has 2 atom stereocenters. The minimum atomic E-state index is -0.403. The largest absolute Gasteiger partial charge is 0.390 e. The first-order chi connectivity index (χ1) is 9.17. The predicted molar refractivity (Wildman–Crippen MR) is 81.8 cm³/mol. The molecular weight excluding hydrogens is 258 g/mol. The maximum absolute atomic E-state index is 9.75. The molecular formula is C15H25NO2S. The lowest BCUT2D eigenvalue weighted by Gasteiger charge is -2.14. The van der Waals surface area contributed by atoms with E-state index in [4.69, 9.17) is 4.74 Å². The molecule has 0 heterocycles. The topological polar surface area (TPSA) is 41.5 Å². The lowest BCUT2D eigenvalue weighted by atomic mass is 10.1. The van der Waals surface area contributed by atoms with Crippen LogP contribution in [0.1, 0.15) is 32.4 Å². The maximum atomic E-state index is 9.75. The van der Waals surface area contributed by atoms with Gasteiger partial charge in [-0.1, -0.05) is 19.1 Å². The third kappa shape index (κ3) is 6.43. The molecule has 0 aliphatic carbocycles. The van der Waals surface area contributed by atoms with Crippen molar-refractivity contribution < 1.29 is 9.84 Å². The molecule has 1 rings (SSSR count). The number of benzene rings is 1. The van der Waals surface area contributed by atoms with Gasteiger partial charge in [0, 0.05) is 23.3 Å². The van der Waals surface area contributed by atoms with E-state index in [9.17, 15) is 5.11 Å². The van der Waals surface area contributed by atoms with Crippen molar-refractivity contribution in [2.24, 2.45) is 0 Å². The first kappa shape index (κ1) is 16.5. The van der Waals surface area contributed by atoms with E-state index in [1.165, 1.54) is 10.5 Å². The van der Waals surface area contributed by atoms with Crippen molar-refractivity contribution in [2.45, 2.75) is 37.8 Å². The van der Waals surface area contributed by atoms with Gasteiger partial charge in [-0.15, -0.1) is 11.8 Å². The second-order valence-corrected chi connectivity index (χ2v) is 5.57. The number of aliphatic hydroxyl groups excluding tert-OH is 1. The van der Waals surface area contributed by atoms with Crippen molar-refractivity contribution >= 4 is 11.8 Å². The van der Waals surface area contributed by atoms with Gasteiger partial charge < -0.3 is 15.2 Å². The number of hydrogen-bond donors (Lipinski definition) is 2. The molecule has 0 aliphatic rings. The number of nitrogens with one attached hydrogen (secondary N) is 1. The number of thioether (sulfide) groups is 1. The summed E-state index contributed by atoms with van der Waals surface area (Å²) in [7, 11) is 0. The van der Waals surface area contributed by atoms with Crippen LogP contribution in [0.25, 0.3) is 0 Å². The molecule has 108 valence electrons. The minimum Gasteiger partial charge on any atom is -0.390 e. The van der Waals surface area contributed by atoms with Crippen molar-refractivity contribution in [1.29, 1.82) is 0 Å². The molecule has 0 spiro atoms. The number of rotatable bonds is 9. The molecule has 0 radical (unpaired) electrons. The smallest absolute Gasteiger partial charge is 0.0867 e. The summed E-state index contributed by atoms with van der Waals surface area (Å²) < 4.78 is 5.20. The summed E-state index contributed by atoms with van der Waals surface area (Å²) in [6.07, 6.45) is -0.403. The normalized spacial score (nSPS) is 14.3. The van der Waals surface area contributed by atoms with E-state index < -0.39 is 6.10 Å². The van der Waals surface area contributed by atoms with Crippen molar-refractivity contribution in [3.05, 3.63) is 29.8 Å².